The van der Waals surface area contributed by atoms with Gasteiger partial charge in [0.2, 0.25) is 0 Å². The molecule has 1 saturated heterocycles. The van der Waals surface area contributed by atoms with Gasteiger partial charge in [-0.15, -0.1) is 34.8 Å². The first-order valence-corrected chi connectivity index (χ1v) is 9.22. The summed E-state index contributed by atoms with van der Waals surface area (Å²) in [5, 5.41) is 2.87. The summed E-state index contributed by atoms with van der Waals surface area (Å²) in [6.07, 6.45) is 2.52. The van der Waals surface area contributed by atoms with Gasteiger partial charge in [0.1, 0.15) is 0 Å². The van der Waals surface area contributed by atoms with E-state index in [1.165, 1.54) is 0 Å². The topological polar surface area (TPSA) is 41.6 Å². The quantitative estimate of drug-likeness (QED) is 0.545. The molecule has 1 rings (SSSR count). The third-order valence-corrected chi connectivity index (χ3v) is 5.73. The normalized spacial score (nSPS) is 26.4. The van der Waals surface area contributed by atoms with Crippen LogP contribution in [0.5, 0.6) is 0 Å². The fraction of sp³-hybridized carbons (Fsp3) is 1.00. The van der Waals surface area contributed by atoms with E-state index in [0.29, 0.717) is 38.0 Å². The molecule has 0 spiro atoms. The molecule has 1 heterocycles. The number of alkyl halides is 3. The van der Waals surface area contributed by atoms with Gasteiger partial charge in [0.25, 0.3) is 0 Å². The first-order chi connectivity index (χ1) is 8.62. The van der Waals surface area contributed by atoms with E-state index in [4.69, 9.17) is 39.3 Å². The molecular weight excluding hydrogens is 317 g/mol. The van der Waals surface area contributed by atoms with E-state index in [0.717, 1.165) is 19.3 Å². The van der Waals surface area contributed by atoms with E-state index in [1.54, 1.807) is 4.67 Å². The Morgan fingerprint density at radius 1 is 1.39 bits per heavy atom. The molecule has 0 radical (unpaired) electrons. The van der Waals surface area contributed by atoms with Gasteiger partial charge >= 0.3 is 7.67 Å². The summed E-state index contributed by atoms with van der Waals surface area (Å²) in [4.78, 5) is 0. The summed E-state index contributed by atoms with van der Waals surface area (Å²) in [6, 6.07) is 0. The van der Waals surface area contributed by atoms with Crippen molar-refractivity contribution in [3.63, 3.8) is 0 Å². The zero-order chi connectivity index (χ0) is 13.4. The van der Waals surface area contributed by atoms with Gasteiger partial charge in [0.15, 0.2) is 0 Å². The van der Waals surface area contributed by atoms with Crippen LogP contribution in [0.25, 0.3) is 0 Å². The SMILES string of the molecule is O=[P@@]1(N(CCCl)C[C@H](Cl)CCCCl)NCCCO1. The minimum absolute atomic E-state index is 0.0925. The molecule has 1 aliphatic heterocycles. The van der Waals surface area contributed by atoms with Crippen LogP contribution in [0, 0.1) is 0 Å². The third kappa shape index (κ3) is 5.54. The Hall–Kier alpha value is 0.980. The Balaban J connectivity index is 2.54. The standard InChI is InChI=1S/C10H20Cl3N2O2P/c11-4-1-3-10(13)9-15(7-5-12)18(16)14-6-2-8-17-18/h10H,1-9H2,(H,14,16)/t10-,18+/m1/s1. The summed E-state index contributed by atoms with van der Waals surface area (Å²) in [5.74, 6) is 0.985. The van der Waals surface area contributed by atoms with Crippen molar-refractivity contribution >= 4 is 42.5 Å². The summed E-state index contributed by atoms with van der Waals surface area (Å²) in [6.45, 7) is 2.20. The van der Waals surface area contributed by atoms with Crippen LogP contribution in [0.3, 0.4) is 0 Å². The van der Waals surface area contributed by atoms with Gasteiger partial charge < -0.3 is 4.52 Å². The van der Waals surface area contributed by atoms with Gasteiger partial charge in [-0.1, -0.05) is 0 Å². The van der Waals surface area contributed by atoms with Crippen molar-refractivity contribution < 1.29 is 9.09 Å². The smallest absolute Gasteiger partial charge is 0.306 e. The second kappa shape index (κ2) is 9.02. The average Bonchev–Trinajstić information content (AvgIpc) is 2.37. The number of hydrogen-bond acceptors (Lipinski definition) is 2. The molecular formula is C10H20Cl3N2O2P. The molecule has 1 fully saturated rings. The molecule has 0 aromatic carbocycles. The Kier molecular flexibility index (Phi) is 8.53. The molecule has 0 aromatic heterocycles. The maximum Gasteiger partial charge on any atom is 0.343 e. The lowest BCUT2D eigenvalue weighted by Crippen LogP contribution is -2.37. The predicted octanol–water partition coefficient (Wildman–Crippen LogP) is 3.27. The van der Waals surface area contributed by atoms with Crippen LogP contribution in [-0.4, -0.2) is 48.0 Å². The van der Waals surface area contributed by atoms with E-state index in [2.05, 4.69) is 5.09 Å². The minimum atomic E-state index is -2.94. The molecule has 0 aliphatic carbocycles. The summed E-state index contributed by atoms with van der Waals surface area (Å²) >= 11 is 17.6. The van der Waals surface area contributed by atoms with Crippen molar-refractivity contribution in [3.05, 3.63) is 0 Å². The van der Waals surface area contributed by atoms with Crippen molar-refractivity contribution in [2.24, 2.45) is 0 Å². The third-order valence-electron chi connectivity index (χ3n) is 2.67. The van der Waals surface area contributed by atoms with Crippen molar-refractivity contribution in [2.75, 3.05) is 38.0 Å². The van der Waals surface area contributed by atoms with Crippen molar-refractivity contribution in [1.29, 1.82) is 0 Å². The van der Waals surface area contributed by atoms with E-state index in [9.17, 15) is 4.57 Å². The van der Waals surface area contributed by atoms with Gasteiger partial charge in [0.05, 0.1) is 6.61 Å². The van der Waals surface area contributed by atoms with Crippen LogP contribution in [0.4, 0.5) is 0 Å². The molecule has 0 amide bonds. The highest BCUT2D eigenvalue weighted by molar-refractivity contribution is 7.54. The average molecular weight is 338 g/mol. The molecule has 0 aromatic rings. The zero-order valence-corrected chi connectivity index (χ0v) is 13.4. The predicted molar refractivity (Wildman–Crippen MR) is 78.1 cm³/mol. The van der Waals surface area contributed by atoms with Gasteiger partial charge in [-0.05, 0) is 19.3 Å². The van der Waals surface area contributed by atoms with E-state index < -0.39 is 7.67 Å². The highest BCUT2D eigenvalue weighted by Crippen LogP contribution is 2.48. The lowest BCUT2D eigenvalue weighted by atomic mass is 10.2. The number of nitrogens with one attached hydrogen (secondary N) is 1. The fourth-order valence-electron chi connectivity index (χ4n) is 1.75. The van der Waals surface area contributed by atoms with Crippen molar-refractivity contribution in [3.8, 4) is 0 Å². The fourth-order valence-corrected chi connectivity index (χ4v) is 4.70. The van der Waals surface area contributed by atoms with E-state index in [1.807, 2.05) is 0 Å². The number of hydrogen-bond donors (Lipinski definition) is 1. The monoisotopic (exact) mass is 336 g/mol. The molecule has 0 unspecified atom stereocenters. The van der Waals surface area contributed by atoms with E-state index in [-0.39, 0.29) is 5.38 Å². The maximum atomic E-state index is 12.6. The molecule has 4 nitrogen and oxygen atoms in total. The Labute approximate surface area is 124 Å². The second-order valence-corrected chi connectivity index (χ2v) is 7.70. The first-order valence-electron chi connectivity index (χ1n) is 6.13. The highest BCUT2D eigenvalue weighted by atomic mass is 35.5. The zero-order valence-electron chi connectivity index (χ0n) is 10.3. The molecule has 18 heavy (non-hydrogen) atoms. The van der Waals surface area contributed by atoms with E-state index >= 15 is 0 Å². The number of halogens is 3. The van der Waals surface area contributed by atoms with Crippen LogP contribution < -0.4 is 5.09 Å². The van der Waals surface area contributed by atoms with Crippen molar-refractivity contribution in [1.82, 2.24) is 9.76 Å². The van der Waals surface area contributed by atoms with Crippen LogP contribution in [0.15, 0.2) is 0 Å². The summed E-state index contributed by atoms with van der Waals surface area (Å²) in [7, 11) is -2.94. The van der Waals surface area contributed by atoms with Gasteiger partial charge in [0, 0.05) is 36.8 Å². The molecule has 0 saturated carbocycles. The van der Waals surface area contributed by atoms with Crippen LogP contribution in [0.2, 0.25) is 0 Å². The minimum Gasteiger partial charge on any atom is -0.306 e. The maximum absolute atomic E-state index is 12.6. The molecule has 1 N–H and O–H groups in total. The van der Waals surface area contributed by atoms with Crippen LogP contribution in [0.1, 0.15) is 19.3 Å². The Morgan fingerprint density at radius 2 is 2.17 bits per heavy atom. The highest BCUT2D eigenvalue weighted by Gasteiger charge is 2.34. The molecule has 108 valence electrons. The van der Waals surface area contributed by atoms with Gasteiger partial charge in [-0.2, -0.15) is 0 Å². The Morgan fingerprint density at radius 3 is 2.72 bits per heavy atom. The molecule has 2 atom stereocenters. The van der Waals surface area contributed by atoms with Gasteiger partial charge in [-0.3, -0.25) is 4.57 Å². The van der Waals surface area contributed by atoms with Crippen molar-refractivity contribution in [2.45, 2.75) is 24.6 Å². The van der Waals surface area contributed by atoms with Crippen LogP contribution >= 0.6 is 42.5 Å². The number of nitrogens with zero attached hydrogens (tertiary/aromatic N) is 1. The number of rotatable bonds is 8. The summed E-state index contributed by atoms with van der Waals surface area (Å²) < 4.78 is 19.7. The molecule has 0 bridgehead atoms. The lowest BCUT2D eigenvalue weighted by Gasteiger charge is -2.34. The van der Waals surface area contributed by atoms with Gasteiger partial charge in [-0.25, -0.2) is 9.76 Å². The Bertz CT molecular complexity index is 274. The second-order valence-electron chi connectivity index (χ2n) is 4.15. The lowest BCUT2D eigenvalue weighted by molar-refractivity contribution is 0.229. The van der Waals surface area contributed by atoms with Crippen LogP contribution in [-0.2, 0) is 9.09 Å². The molecule has 1 aliphatic rings. The molecule has 8 heteroatoms. The summed E-state index contributed by atoms with van der Waals surface area (Å²) in [5.41, 5.74) is 0. The first kappa shape index (κ1) is 17.0. The largest absolute Gasteiger partial charge is 0.343 e.